The van der Waals surface area contributed by atoms with Crippen LogP contribution in [0.2, 0.25) is 0 Å². The van der Waals surface area contributed by atoms with Crippen molar-refractivity contribution in [1.29, 1.82) is 0 Å². The molecule has 0 radical (unpaired) electrons. The molecule has 2 aromatic rings. The average Bonchev–Trinajstić information content (AvgIpc) is 2.37. The molecule has 0 amide bonds. The lowest BCUT2D eigenvalue weighted by Gasteiger charge is -2.09. The lowest BCUT2D eigenvalue weighted by atomic mass is 10.1. The summed E-state index contributed by atoms with van der Waals surface area (Å²) in [6.45, 7) is 2.76. The molecule has 0 spiro atoms. The zero-order valence-electron chi connectivity index (χ0n) is 10.3. The molecule has 0 heterocycles. The van der Waals surface area contributed by atoms with Crippen molar-refractivity contribution in [2.24, 2.45) is 5.73 Å². The Hall–Kier alpha value is -1.87. The van der Waals surface area contributed by atoms with Gasteiger partial charge in [-0.3, -0.25) is 0 Å². The lowest BCUT2D eigenvalue weighted by molar-refractivity contribution is 0.303. The van der Waals surface area contributed by atoms with Crippen molar-refractivity contribution in [3.63, 3.8) is 0 Å². The van der Waals surface area contributed by atoms with Crippen LogP contribution >= 0.6 is 0 Å². The molecule has 18 heavy (non-hydrogen) atoms. The summed E-state index contributed by atoms with van der Waals surface area (Å²) in [5, 5.41) is 0. The molecule has 2 nitrogen and oxygen atoms in total. The van der Waals surface area contributed by atoms with Gasteiger partial charge in [0.15, 0.2) is 0 Å². The Morgan fingerprint density at radius 3 is 2.67 bits per heavy atom. The van der Waals surface area contributed by atoms with Crippen LogP contribution < -0.4 is 10.5 Å². The van der Waals surface area contributed by atoms with Crippen LogP contribution in [0, 0.1) is 12.7 Å². The topological polar surface area (TPSA) is 35.2 Å². The van der Waals surface area contributed by atoms with Crippen LogP contribution in [0.1, 0.15) is 16.7 Å². The van der Waals surface area contributed by atoms with E-state index in [1.54, 1.807) is 6.07 Å². The van der Waals surface area contributed by atoms with Gasteiger partial charge in [-0.1, -0.05) is 24.3 Å². The minimum atomic E-state index is -0.322. The molecular weight excluding hydrogens is 229 g/mol. The summed E-state index contributed by atoms with van der Waals surface area (Å²) >= 11 is 0. The first-order chi connectivity index (χ1) is 8.69. The number of halogens is 1. The van der Waals surface area contributed by atoms with Crippen LogP contribution in [0.15, 0.2) is 42.5 Å². The molecule has 3 heteroatoms. The van der Waals surface area contributed by atoms with E-state index in [9.17, 15) is 4.39 Å². The number of hydrogen-bond donors (Lipinski definition) is 1. The van der Waals surface area contributed by atoms with Gasteiger partial charge in [0.25, 0.3) is 0 Å². The predicted octanol–water partition coefficient (Wildman–Crippen LogP) is 3.17. The van der Waals surface area contributed by atoms with Gasteiger partial charge in [0.05, 0.1) is 0 Å². The summed E-state index contributed by atoms with van der Waals surface area (Å²) < 4.78 is 18.9. The third-order valence-corrected chi connectivity index (χ3v) is 2.82. The summed E-state index contributed by atoms with van der Waals surface area (Å²) in [5.41, 5.74) is 8.48. The first-order valence-corrected chi connectivity index (χ1v) is 5.86. The zero-order valence-corrected chi connectivity index (χ0v) is 10.3. The first kappa shape index (κ1) is 12.6. The van der Waals surface area contributed by atoms with Gasteiger partial charge < -0.3 is 10.5 Å². The van der Waals surface area contributed by atoms with E-state index in [2.05, 4.69) is 0 Å². The van der Waals surface area contributed by atoms with Crippen LogP contribution in [0.4, 0.5) is 4.39 Å². The van der Waals surface area contributed by atoms with Crippen LogP contribution in [-0.4, -0.2) is 0 Å². The smallest absolute Gasteiger partial charge is 0.127 e. The number of benzene rings is 2. The SMILES string of the molecule is Cc1ccccc1COc1cc(F)cc(CN)c1. The van der Waals surface area contributed by atoms with Crippen LogP contribution in [0.5, 0.6) is 5.75 Å². The maximum atomic E-state index is 13.3. The van der Waals surface area contributed by atoms with Gasteiger partial charge in [0.1, 0.15) is 18.2 Å². The maximum absolute atomic E-state index is 13.3. The molecule has 94 valence electrons. The summed E-state index contributed by atoms with van der Waals surface area (Å²) in [7, 11) is 0. The summed E-state index contributed by atoms with van der Waals surface area (Å²) in [6, 6.07) is 12.5. The van der Waals surface area contributed by atoms with Gasteiger partial charge in [-0.25, -0.2) is 4.39 Å². The number of nitrogens with two attached hydrogens (primary N) is 1. The monoisotopic (exact) mass is 245 g/mol. The minimum Gasteiger partial charge on any atom is -0.489 e. The zero-order chi connectivity index (χ0) is 13.0. The van der Waals surface area contributed by atoms with Crippen molar-refractivity contribution in [2.45, 2.75) is 20.1 Å². The molecule has 2 N–H and O–H groups in total. The fourth-order valence-electron chi connectivity index (χ4n) is 1.76. The van der Waals surface area contributed by atoms with Crippen LogP contribution in [-0.2, 0) is 13.2 Å². The summed E-state index contributed by atoms with van der Waals surface area (Å²) in [6.07, 6.45) is 0. The third-order valence-electron chi connectivity index (χ3n) is 2.82. The number of aryl methyl sites for hydroxylation is 1. The highest BCUT2D eigenvalue weighted by Crippen LogP contribution is 2.18. The summed E-state index contributed by atoms with van der Waals surface area (Å²) in [5.74, 6) is 0.191. The van der Waals surface area contributed by atoms with E-state index in [-0.39, 0.29) is 5.82 Å². The van der Waals surface area contributed by atoms with E-state index < -0.39 is 0 Å². The van der Waals surface area contributed by atoms with Gasteiger partial charge in [-0.05, 0) is 35.7 Å². The average molecular weight is 245 g/mol. The van der Waals surface area contributed by atoms with Crippen molar-refractivity contribution in [3.05, 3.63) is 65.0 Å². The molecule has 0 aliphatic heterocycles. The minimum absolute atomic E-state index is 0.304. The second-order valence-corrected chi connectivity index (χ2v) is 4.21. The Morgan fingerprint density at radius 1 is 1.17 bits per heavy atom. The molecule has 0 aromatic heterocycles. The Bertz CT molecular complexity index is 540. The quantitative estimate of drug-likeness (QED) is 0.898. The molecule has 0 saturated heterocycles. The van der Waals surface area contributed by atoms with Crippen molar-refractivity contribution < 1.29 is 9.13 Å². The molecule has 0 fully saturated rings. The highest BCUT2D eigenvalue weighted by Gasteiger charge is 2.02. The molecule has 0 saturated carbocycles. The lowest BCUT2D eigenvalue weighted by Crippen LogP contribution is -2.01. The highest BCUT2D eigenvalue weighted by molar-refractivity contribution is 5.31. The van der Waals surface area contributed by atoms with E-state index in [4.69, 9.17) is 10.5 Å². The standard InChI is InChI=1S/C15H16FNO/c1-11-4-2-3-5-13(11)10-18-15-7-12(9-17)6-14(16)8-15/h2-8H,9-10,17H2,1H3. The molecule has 0 bridgehead atoms. The Labute approximate surface area is 106 Å². The number of ether oxygens (including phenoxy) is 1. The summed E-state index contributed by atoms with van der Waals surface area (Å²) in [4.78, 5) is 0. The predicted molar refractivity (Wildman–Crippen MR) is 69.8 cm³/mol. The van der Waals surface area contributed by atoms with Crippen LogP contribution in [0.25, 0.3) is 0 Å². The molecule has 0 atom stereocenters. The maximum Gasteiger partial charge on any atom is 0.127 e. The van der Waals surface area contributed by atoms with Gasteiger partial charge >= 0.3 is 0 Å². The van der Waals surface area contributed by atoms with Crippen molar-refractivity contribution >= 4 is 0 Å². The first-order valence-electron chi connectivity index (χ1n) is 5.86. The van der Waals surface area contributed by atoms with E-state index in [1.807, 2.05) is 31.2 Å². The fraction of sp³-hybridized carbons (Fsp3) is 0.200. The van der Waals surface area contributed by atoms with Gasteiger partial charge in [-0.15, -0.1) is 0 Å². The van der Waals surface area contributed by atoms with Crippen LogP contribution in [0.3, 0.4) is 0 Å². The van der Waals surface area contributed by atoms with Crippen molar-refractivity contribution in [2.75, 3.05) is 0 Å². The van der Waals surface area contributed by atoms with Gasteiger partial charge in [0, 0.05) is 12.6 Å². The molecule has 0 unspecified atom stereocenters. The van der Waals surface area contributed by atoms with E-state index in [0.29, 0.717) is 18.9 Å². The number of hydrogen-bond acceptors (Lipinski definition) is 2. The largest absolute Gasteiger partial charge is 0.489 e. The van der Waals surface area contributed by atoms with Crippen molar-refractivity contribution in [1.82, 2.24) is 0 Å². The molecule has 0 aliphatic rings. The fourth-order valence-corrected chi connectivity index (χ4v) is 1.76. The van der Waals surface area contributed by atoms with E-state index >= 15 is 0 Å². The normalized spacial score (nSPS) is 10.4. The van der Waals surface area contributed by atoms with E-state index in [1.165, 1.54) is 12.1 Å². The Balaban J connectivity index is 2.11. The van der Waals surface area contributed by atoms with E-state index in [0.717, 1.165) is 16.7 Å². The third kappa shape index (κ3) is 3.08. The van der Waals surface area contributed by atoms with Gasteiger partial charge in [0.2, 0.25) is 0 Å². The Kier molecular flexibility index (Phi) is 3.95. The second-order valence-electron chi connectivity index (χ2n) is 4.21. The number of rotatable bonds is 4. The molecule has 2 rings (SSSR count). The van der Waals surface area contributed by atoms with Crippen molar-refractivity contribution in [3.8, 4) is 5.75 Å². The second kappa shape index (κ2) is 5.65. The molecule has 0 aliphatic carbocycles. The highest BCUT2D eigenvalue weighted by atomic mass is 19.1. The molecule has 2 aromatic carbocycles. The Morgan fingerprint density at radius 2 is 1.94 bits per heavy atom. The van der Waals surface area contributed by atoms with Gasteiger partial charge in [-0.2, -0.15) is 0 Å². The molecular formula is C15H16FNO.